The van der Waals surface area contributed by atoms with Crippen LogP contribution in [0.4, 0.5) is 0 Å². The van der Waals surface area contributed by atoms with E-state index in [1.54, 1.807) is 6.21 Å². The third-order valence-corrected chi connectivity index (χ3v) is 3.05. The molecule has 1 N–H and O–H groups in total. The molecule has 1 aromatic heterocycles. The summed E-state index contributed by atoms with van der Waals surface area (Å²) >= 11 is 0. The summed E-state index contributed by atoms with van der Waals surface area (Å²) in [5.74, 6) is 0. The Hall–Kier alpha value is -2.56. The van der Waals surface area contributed by atoms with Crippen molar-refractivity contribution >= 4 is 12.3 Å². The van der Waals surface area contributed by atoms with Crippen molar-refractivity contribution in [3.8, 4) is 0 Å². The van der Waals surface area contributed by atoms with Gasteiger partial charge >= 0.3 is 0 Å². The second kappa shape index (κ2) is 2.76. The van der Waals surface area contributed by atoms with Gasteiger partial charge in [-0.3, -0.25) is 4.79 Å². The van der Waals surface area contributed by atoms with Crippen LogP contribution < -0.4 is 16.3 Å². The zero-order valence-electron chi connectivity index (χ0n) is 8.64. The van der Waals surface area contributed by atoms with Crippen LogP contribution in [0.25, 0.3) is 6.08 Å². The van der Waals surface area contributed by atoms with Gasteiger partial charge in [0.2, 0.25) is 0 Å². The first-order chi connectivity index (χ1) is 8.34. The summed E-state index contributed by atoms with van der Waals surface area (Å²) in [6, 6.07) is 3.77. The van der Waals surface area contributed by atoms with Crippen molar-refractivity contribution in [2.45, 2.75) is 0 Å². The SMILES string of the molecule is O=c1[nH]cnc2c1=c1ccc3c(c1C=2)C=NN=3. The lowest BCUT2D eigenvalue weighted by atomic mass is 10.1. The highest BCUT2D eigenvalue weighted by molar-refractivity contribution is 5.86. The number of hydrogen-bond donors (Lipinski definition) is 1. The molecule has 80 valence electrons. The van der Waals surface area contributed by atoms with Crippen LogP contribution in [0.1, 0.15) is 11.1 Å². The van der Waals surface area contributed by atoms with E-state index in [0.717, 1.165) is 21.7 Å². The third-order valence-electron chi connectivity index (χ3n) is 3.05. The molecule has 1 aromatic carbocycles. The third kappa shape index (κ3) is 0.977. The molecule has 0 radical (unpaired) electrons. The lowest BCUT2D eigenvalue weighted by molar-refractivity contribution is 1.06. The number of fused-ring (bicyclic) bond motifs is 4. The second-order valence-corrected chi connectivity index (χ2v) is 3.94. The molecule has 0 saturated carbocycles. The van der Waals surface area contributed by atoms with E-state index in [-0.39, 0.29) is 5.56 Å². The van der Waals surface area contributed by atoms with Gasteiger partial charge in [0.1, 0.15) is 0 Å². The molecule has 0 amide bonds. The maximum atomic E-state index is 11.8. The van der Waals surface area contributed by atoms with Crippen molar-refractivity contribution in [2.75, 3.05) is 0 Å². The average molecular weight is 222 g/mol. The van der Waals surface area contributed by atoms with E-state index in [9.17, 15) is 4.79 Å². The van der Waals surface area contributed by atoms with Crippen LogP contribution >= 0.6 is 0 Å². The Morgan fingerprint density at radius 2 is 2.12 bits per heavy atom. The van der Waals surface area contributed by atoms with E-state index in [4.69, 9.17) is 0 Å². The van der Waals surface area contributed by atoms with Gasteiger partial charge in [0.15, 0.2) is 0 Å². The molecule has 0 bridgehead atoms. The number of aromatic nitrogens is 2. The molecular weight excluding hydrogens is 216 g/mol. The van der Waals surface area contributed by atoms with Gasteiger partial charge < -0.3 is 4.98 Å². The van der Waals surface area contributed by atoms with Crippen molar-refractivity contribution in [1.29, 1.82) is 0 Å². The standard InChI is InChI=1S/C12H6N4O/c17-12-11-6-1-2-9-8(4-15-16-9)7(6)3-10(11)13-5-14-12/h1-5H,(H,13,14,17). The van der Waals surface area contributed by atoms with Crippen LogP contribution in [-0.4, -0.2) is 16.2 Å². The highest BCUT2D eigenvalue weighted by atomic mass is 16.1. The summed E-state index contributed by atoms with van der Waals surface area (Å²) in [4.78, 5) is 18.6. The Morgan fingerprint density at radius 1 is 1.18 bits per heavy atom. The molecule has 17 heavy (non-hydrogen) atoms. The van der Waals surface area contributed by atoms with E-state index < -0.39 is 0 Å². The van der Waals surface area contributed by atoms with Crippen LogP contribution in [0.5, 0.6) is 0 Å². The minimum Gasteiger partial charge on any atom is -0.313 e. The van der Waals surface area contributed by atoms with Gasteiger partial charge in [-0.2, -0.15) is 10.2 Å². The Bertz CT molecular complexity index is 953. The van der Waals surface area contributed by atoms with Gasteiger partial charge in [-0.15, -0.1) is 0 Å². The Balaban J connectivity index is 2.41. The van der Waals surface area contributed by atoms with E-state index in [0.29, 0.717) is 10.6 Å². The molecule has 1 aliphatic carbocycles. The molecule has 0 unspecified atom stereocenters. The van der Waals surface area contributed by atoms with Crippen LogP contribution in [0.3, 0.4) is 0 Å². The molecule has 0 spiro atoms. The topological polar surface area (TPSA) is 70.5 Å². The first-order valence-electron chi connectivity index (χ1n) is 5.18. The Labute approximate surface area is 94.2 Å². The highest BCUT2D eigenvalue weighted by Gasteiger charge is 2.12. The normalized spacial score (nSPS) is 13.6. The summed E-state index contributed by atoms with van der Waals surface area (Å²) in [6.45, 7) is 0. The maximum Gasteiger partial charge on any atom is 0.259 e. The predicted octanol–water partition coefficient (Wildman–Crippen LogP) is -0.834. The molecule has 2 heterocycles. The minimum absolute atomic E-state index is 0.114. The smallest absolute Gasteiger partial charge is 0.259 e. The van der Waals surface area contributed by atoms with Gasteiger partial charge in [-0.25, -0.2) is 4.98 Å². The van der Waals surface area contributed by atoms with Crippen molar-refractivity contribution in [1.82, 2.24) is 9.97 Å². The number of benzene rings is 1. The average Bonchev–Trinajstić information content (AvgIpc) is 2.91. The molecule has 1 aliphatic heterocycles. The van der Waals surface area contributed by atoms with Crippen LogP contribution in [0.2, 0.25) is 0 Å². The molecule has 0 atom stereocenters. The van der Waals surface area contributed by atoms with E-state index >= 15 is 0 Å². The molecule has 5 nitrogen and oxygen atoms in total. The molecular formula is C12H6N4O. The summed E-state index contributed by atoms with van der Waals surface area (Å²) in [5.41, 5.74) is 1.82. The van der Waals surface area contributed by atoms with Gasteiger partial charge in [-0.05, 0) is 22.9 Å². The highest BCUT2D eigenvalue weighted by Crippen LogP contribution is 2.11. The van der Waals surface area contributed by atoms with Crippen LogP contribution in [0, 0.1) is 10.4 Å². The Kier molecular flexibility index (Phi) is 1.39. The summed E-state index contributed by atoms with van der Waals surface area (Å²) in [6.07, 6.45) is 5.04. The van der Waals surface area contributed by atoms with E-state index in [1.807, 2.05) is 18.2 Å². The lowest BCUT2D eigenvalue weighted by Crippen LogP contribution is -2.20. The largest absolute Gasteiger partial charge is 0.313 e. The van der Waals surface area contributed by atoms with Gasteiger partial charge in [0, 0.05) is 5.56 Å². The number of nitrogens with one attached hydrogen (secondary N) is 1. The van der Waals surface area contributed by atoms with Crippen LogP contribution in [0.15, 0.2) is 33.5 Å². The van der Waals surface area contributed by atoms with Gasteiger partial charge in [-0.1, -0.05) is 6.07 Å². The number of rotatable bonds is 0. The maximum absolute atomic E-state index is 11.8. The van der Waals surface area contributed by atoms with Crippen LogP contribution in [-0.2, 0) is 0 Å². The van der Waals surface area contributed by atoms with Crippen molar-refractivity contribution in [3.63, 3.8) is 0 Å². The molecule has 0 fully saturated rings. The van der Waals surface area contributed by atoms with E-state index in [1.165, 1.54) is 6.33 Å². The molecule has 2 aromatic rings. The van der Waals surface area contributed by atoms with Gasteiger partial charge in [0.05, 0.1) is 28.5 Å². The van der Waals surface area contributed by atoms with Crippen molar-refractivity contribution in [3.05, 3.63) is 61.1 Å². The Morgan fingerprint density at radius 3 is 3.06 bits per heavy atom. The molecule has 2 aliphatic rings. The van der Waals surface area contributed by atoms with E-state index in [2.05, 4.69) is 20.2 Å². The summed E-state index contributed by atoms with van der Waals surface area (Å²) in [7, 11) is 0. The van der Waals surface area contributed by atoms with Crippen molar-refractivity contribution in [2.24, 2.45) is 10.2 Å². The second-order valence-electron chi connectivity index (χ2n) is 3.94. The number of aromatic amines is 1. The summed E-state index contributed by atoms with van der Waals surface area (Å²) < 4.78 is 0. The zero-order valence-corrected chi connectivity index (χ0v) is 8.64. The van der Waals surface area contributed by atoms with Gasteiger partial charge in [0.25, 0.3) is 5.56 Å². The minimum atomic E-state index is -0.114. The number of nitrogens with zero attached hydrogens (tertiary/aromatic N) is 3. The number of hydrogen-bond acceptors (Lipinski definition) is 4. The first kappa shape index (κ1) is 8.58. The zero-order chi connectivity index (χ0) is 11.4. The number of H-pyrrole nitrogens is 1. The van der Waals surface area contributed by atoms with Crippen molar-refractivity contribution < 1.29 is 0 Å². The fourth-order valence-electron chi connectivity index (χ4n) is 2.29. The fraction of sp³-hybridized carbons (Fsp3) is 0. The molecule has 5 heteroatoms. The summed E-state index contributed by atoms with van der Waals surface area (Å²) in [5, 5.41) is 11.0. The quantitative estimate of drug-likeness (QED) is 0.539. The predicted molar refractivity (Wildman–Crippen MR) is 60.9 cm³/mol. The molecule has 0 saturated heterocycles. The monoisotopic (exact) mass is 222 g/mol. The molecule has 4 rings (SSSR count). The lowest BCUT2D eigenvalue weighted by Gasteiger charge is -1.94. The fourth-order valence-corrected chi connectivity index (χ4v) is 2.29. The first-order valence-corrected chi connectivity index (χ1v) is 5.18.